The van der Waals surface area contributed by atoms with Crippen molar-refractivity contribution in [2.45, 2.75) is 25.9 Å². The summed E-state index contributed by atoms with van der Waals surface area (Å²) in [6.45, 7) is 4.42. The third-order valence-corrected chi connectivity index (χ3v) is 3.17. The standard InChI is InChI=1S/C11H18N2O3/c1-8-7-13(4-5-16-8)11(15)9-2-3-10(14)12-6-9/h8-9H,2-7H2,1H3,(H,12,14). The molecule has 2 amide bonds. The van der Waals surface area contributed by atoms with E-state index in [2.05, 4.69) is 5.32 Å². The van der Waals surface area contributed by atoms with Crippen LogP contribution >= 0.6 is 0 Å². The molecule has 90 valence electrons. The molecule has 1 N–H and O–H groups in total. The van der Waals surface area contributed by atoms with Crippen molar-refractivity contribution in [3.05, 3.63) is 0 Å². The number of ether oxygens (including phenoxy) is 1. The minimum Gasteiger partial charge on any atom is -0.375 e. The summed E-state index contributed by atoms with van der Waals surface area (Å²) in [7, 11) is 0. The molecule has 2 heterocycles. The molecular formula is C11H18N2O3. The fraction of sp³-hybridized carbons (Fsp3) is 0.818. The normalized spacial score (nSPS) is 31.1. The van der Waals surface area contributed by atoms with Gasteiger partial charge < -0.3 is 15.0 Å². The lowest BCUT2D eigenvalue weighted by Crippen LogP contribution is -2.50. The second-order valence-electron chi connectivity index (χ2n) is 4.51. The Hall–Kier alpha value is -1.10. The fourth-order valence-corrected chi connectivity index (χ4v) is 2.22. The van der Waals surface area contributed by atoms with Crippen molar-refractivity contribution >= 4 is 11.8 Å². The van der Waals surface area contributed by atoms with Gasteiger partial charge in [-0.25, -0.2) is 0 Å². The Morgan fingerprint density at radius 3 is 3.00 bits per heavy atom. The Kier molecular flexibility index (Phi) is 3.43. The molecule has 2 unspecified atom stereocenters. The number of nitrogens with zero attached hydrogens (tertiary/aromatic N) is 1. The largest absolute Gasteiger partial charge is 0.375 e. The zero-order chi connectivity index (χ0) is 11.5. The topological polar surface area (TPSA) is 58.6 Å². The van der Waals surface area contributed by atoms with Gasteiger partial charge in [-0.1, -0.05) is 0 Å². The maximum atomic E-state index is 12.1. The Balaban J connectivity index is 1.89. The van der Waals surface area contributed by atoms with Gasteiger partial charge in [-0.15, -0.1) is 0 Å². The molecule has 5 nitrogen and oxygen atoms in total. The highest BCUT2D eigenvalue weighted by molar-refractivity contribution is 5.83. The van der Waals surface area contributed by atoms with Gasteiger partial charge in [0.25, 0.3) is 0 Å². The molecule has 0 saturated carbocycles. The monoisotopic (exact) mass is 226 g/mol. The maximum absolute atomic E-state index is 12.1. The van der Waals surface area contributed by atoms with Crippen molar-refractivity contribution in [3.63, 3.8) is 0 Å². The number of amides is 2. The number of piperidine rings is 1. The zero-order valence-electron chi connectivity index (χ0n) is 9.57. The van der Waals surface area contributed by atoms with Crippen molar-refractivity contribution in [2.75, 3.05) is 26.2 Å². The van der Waals surface area contributed by atoms with E-state index in [0.717, 1.165) is 0 Å². The van der Waals surface area contributed by atoms with Crippen molar-refractivity contribution in [3.8, 4) is 0 Å². The van der Waals surface area contributed by atoms with Crippen LogP contribution in [-0.2, 0) is 14.3 Å². The second-order valence-corrected chi connectivity index (χ2v) is 4.51. The van der Waals surface area contributed by atoms with E-state index in [4.69, 9.17) is 4.74 Å². The number of carbonyl (C=O) groups excluding carboxylic acids is 2. The van der Waals surface area contributed by atoms with Crippen molar-refractivity contribution in [1.29, 1.82) is 0 Å². The van der Waals surface area contributed by atoms with Gasteiger partial charge in [-0.2, -0.15) is 0 Å². The van der Waals surface area contributed by atoms with E-state index in [0.29, 0.717) is 39.1 Å². The van der Waals surface area contributed by atoms with Crippen LogP contribution in [0.15, 0.2) is 0 Å². The van der Waals surface area contributed by atoms with Crippen LogP contribution in [0.2, 0.25) is 0 Å². The lowest BCUT2D eigenvalue weighted by atomic mass is 9.97. The van der Waals surface area contributed by atoms with E-state index >= 15 is 0 Å². The molecule has 0 aromatic carbocycles. The summed E-state index contributed by atoms with van der Waals surface area (Å²) >= 11 is 0. The molecule has 2 aliphatic rings. The van der Waals surface area contributed by atoms with Crippen LogP contribution in [0.5, 0.6) is 0 Å². The molecule has 2 saturated heterocycles. The number of carbonyl (C=O) groups is 2. The predicted molar refractivity (Wildman–Crippen MR) is 57.7 cm³/mol. The van der Waals surface area contributed by atoms with Crippen molar-refractivity contribution < 1.29 is 14.3 Å². The summed E-state index contributed by atoms with van der Waals surface area (Å²) in [6, 6.07) is 0. The van der Waals surface area contributed by atoms with Gasteiger partial charge >= 0.3 is 0 Å². The van der Waals surface area contributed by atoms with Gasteiger partial charge in [-0.05, 0) is 13.3 Å². The molecule has 2 aliphatic heterocycles. The van der Waals surface area contributed by atoms with Gasteiger partial charge in [0.15, 0.2) is 0 Å². The van der Waals surface area contributed by atoms with Crippen LogP contribution in [0.4, 0.5) is 0 Å². The molecule has 16 heavy (non-hydrogen) atoms. The average Bonchev–Trinajstić information content (AvgIpc) is 2.29. The van der Waals surface area contributed by atoms with Crippen molar-refractivity contribution in [1.82, 2.24) is 10.2 Å². The second kappa shape index (κ2) is 4.82. The van der Waals surface area contributed by atoms with Gasteiger partial charge in [0, 0.05) is 26.1 Å². The quantitative estimate of drug-likeness (QED) is 0.671. The van der Waals surface area contributed by atoms with Gasteiger partial charge in [-0.3, -0.25) is 9.59 Å². The van der Waals surface area contributed by atoms with Crippen molar-refractivity contribution in [2.24, 2.45) is 5.92 Å². The number of rotatable bonds is 1. The number of hydrogen-bond donors (Lipinski definition) is 1. The number of morpholine rings is 1. The third-order valence-electron chi connectivity index (χ3n) is 3.17. The number of hydrogen-bond acceptors (Lipinski definition) is 3. The van der Waals surface area contributed by atoms with Gasteiger partial charge in [0.2, 0.25) is 11.8 Å². The van der Waals surface area contributed by atoms with Gasteiger partial charge in [0.1, 0.15) is 0 Å². The zero-order valence-corrected chi connectivity index (χ0v) is 9.57. The molecule has 0 aromatic rings. The number of nitrogens with one attached hydrogen (secondary N) is 1. The summed E-state index contributed by atoms with van der Waals surface area (Å²) in [5, 5.41) is 2.75. The lowest BCUT2D eigenvalue weighted by molar-refractivity contribution is -0.143. The smallest absolute Gasteiger partial charge is 0.227 e. The first-order valence-electron chi connectivity index (χ1n) is 5.84. The van der Waals surface area contributed by atoms with E-state index in [9.17, 15) is 9.59 Å². The lowest BCUT2D eigenvalue weighted by Gasteiger charge is -2.34. The molecule has 2 rings (SSSR count). The van der Waals surface area contributed by atoms with E-state index in [-0.39, 0.29) is 23.8 Å². The summed E-state index contributed by atoms with van der Waals surface area (Å²) in [5.41, 5.74) is 0. The Morgan fingerprint density at radius 1 is 1.56 bits per heavy atom. The Labute approximate surface area is 95.1 Å². The molecule has 0 aliphatic carbocycles. The molecule has 0 radical (unpaired) electrons. The van der Waals surface area contributed by atoms with Crippen LogP contribution in [0.25, 0.3) is 0 Å². The van der Waals surface area contributed by atoms with E-state index in [1.54, 1.807) is 0 Å². The Bertz CT molecular complexity index is 283. The molecule has 0 spiro atoms. The molecule has 0 bridgehead atoms. The minimum atomic E-state index is -0.0389. The van der Waals surface area contributed by atoms with Gasteiger partial charge in [0.05, 0.1) is 18.6 Å². The van der Waals surface area contributed by atoms with E-state index in [1.165, 1.54) is 0 Å². The van der Waals surface area contributed by atoms with Crippen LogP contribution < -0.4 is 5.32 Å². The maximum Gasteiger partial charge on any atom is 0.227 e. The van der Waals surface area contributed by atoms with Crippen LogP contribution in [-0.4, -0.2) is 49.1 Å². The average molecular weight is 226 g/mol. The molecule has 2 fully saturated rings. The highest BCUT2D eigenvalue weighted by atomic mass is 16.5. The molecular weight excluding hydrogens is 208 g/mol. The minimum absolute atomic E-state index is 0.0389. The first-order chi connectivity index (χ1) is 7.66. The van der Waals surface area contributed by atoms with E-state index < -0.39 is 0 Å². The Morgan fingerprint density at radius 2 is 2.38 bits per heavy atom. The van der Waals surface area contributed by atoms with Crippen LogP contribution in [0.3, 0.4) is 0 Å². The highest BCUT2D eigenvalue weighted by Crippen LogP contribution is 2.16. The summed E-state index contributed by atoms with van der Waals surface area (Å²) < 4.78 is 5.40. The first-order valence-corrected chi connectivity index (χ1v) is 5.84. The van der Waals surface area contributed by atoms with E-state index in [1.807, 2.05) is 11.8 Å². The molecule has 2 atom stereocenters. The summed E-state index contributed by atoms with van der Waals surface area (Å²) in [5.74, 6) is 0.178. The van der Waals surface area contributed by atoms with Crippen LogP contribution in [0.1, 0.15) is 19.8 Å². The third kappa shape index (κ3) is 2.52. The molecule has 5 heteroatoms. The summed E-state index contributed by atoms with van der Waals surface area (Å²) in [6.07, 6.45) is 1.27. The van der Waals surface area contributed by atoms with Crippen LogP contribution in [0, 0.1) is 5.92 Å². The summed E-state index contributed by atoms with van der Waals surface area (Å²) in [4.78, 5) is 25.0. The highest BCUT2D eigenvalue weighted by Gasteiger charge is 2.30. The SMILES string of the molecule is CC1CN(C(=O)C2CCC(=O)NC2)CCO1. The first kappa shape index (κ1) is 11.4. The molecule has 0 aromatic heterocycles. The predicted octanol–water partition coefficient (Wildman–Crippen LogP) is -0.240. The fourth-order valence-electron chi connectivity index (χ4n) is 2.22.